The van der Waals surface area contributed by atoms with Gasteiger partial charge in [0, 0.05) is 29.4 Å². The zero-order valence-electron chi connectivity index (χ0n) is 15.7. The summed E-state index contributed by atoms with van der Waals surface area (Å²) in [5, 5.41) is 2.68. The molecule has 2 aromatic heterocycles. The number of carbonyl (C=O) groups is 2. The Morgan fingerprint density at radius 2 is 1.93 bits per heavy atom. The first kappa shape index (κ1) is 18.3. The normalized spacial score (nSPS) is 15.5. The number of benzene rings is 1. The highest BCUT2D eigenvalue weighted by molar-refractivity contribution is 8.18. The first-order valence-electron chi connectivity index (χ1n) is 8.83. The Morgan fingerprint density at radius 1 is 1.18 bits per heavy atom. The van der Waals surface area contributed by atoms with E-state index in [1.807, 2.05) is 39.0 Å². The van der Waals surface area contributed by atoms with Crippen LogP contribution in [0.2, 0.25) is 0 Å². The molecule has 6 nitrogen and oxygen atoms in total. The molecule has 1 aromatic carbocycles. The molecule has 3 heterocycles. The van der Waals surface area contributed by atoms with Gasteiger partial charge in [-0.05, 0) is 67.4 Å². The first-order valence-corrected chi connectivity index (χ1v) is 9.64. The highest BCUT2D eigenvalue weighted by atomic mass is 32.2. The number of aryl methyl sites for hydroxylation is 2. The molecule has 0 bridgehead atoms. The van der Waals surface area contributed by atoms with Crippen molar-refractivity contribution in [2.24, 2.45) is 0 Å². The molecule has 1 N–H and O–H groups in total. The fourth-order valence-electron chi connectivity index (χ4n) is 3.29. The van der Waals surface area contributed by atoms with Gasteiger partial charge in [-0.2, -0.15) is 0 Å². The van der Waals surface area contributed by atoms with Crippen LogP contribution >= 0.6 is 11.8 Å². The number of furan rings is 1. The summed E-state index contributed by atoms with van der Waals surface area (Å²) in [5.74, 6) is 0.979. The number of hydrogen-bond acceptors (Lipinski definition) is 6. The van der Waals surface area contributed by atoms with Crippen molar-refractivity contribution in [3.8, 4) is 16.9 Å². The van der Waals surface area contributed by atoms with Gasteiger partial charge < -0.3 is 9.15 Å². The molecule has 0 aliphatic carbocycles. The summed E-state index contributed by atoms with van der Waals surface area (Å²) in [7, 11) is 0. The maximum absolute atomic E-state index is 11.8. The van der Waals surface area contributed by atoms with Gasteiger partial charge >= 0.3 is 0 Å². The molecular weight excluding hydrogens is 376 g/mol. The van der Waals surface area contributed by atoms with Crippen LogP contribution in [0.15, 0.2) is 39.9 Å². The quantitative estimate of drug-likeness (QED) is 0.638. The monoisotopic (exact) mass is 394 g/mol. The Labute approximate surface area is 166 Å². The second kappa shape index (κ2) is 7.16. The van der Waals surface area contributed by atoms with Crippen LogP contribution in [0.4, 0.5) is 4.79 Å². The number of pyridine rings is 1. The highest BCUT2D eigenvalue weighted by Gasteiger charge is 2.25. The zero-order valence-corrected chi connectivity index (χ0v) is 16.5. The second-order valence-corrected chi connectivity index (χ2v) is 7.49. The molecule has 1 fully saturated rings. The number of imide groups is 1. The summed E-state index contributed by atoms with van der Waals surface area (Å²) in [6.45, 7) is 6.61. The lowest BCUT2D eigenvalue weighted by molar-refractivity contribution is -0.115. The Morgan fingerprint density at radius 3 is 2.57 bits per heavy atom. The van der Waals surface area contributed by atoms with E-state index in [0.717, 1.165) is 45.2 Å². The average Bonchev–Trinajstić information content (AvgIpc) is 3.19. The maximum Gasteiger partial charge on any atom is 0.290 e. The minimum absolute atomic E-state index is 0.311. The number of amides is 2. The Balaban J connectivity index is 1.79. The molecule has 0 saturated carbocycles. The molecule has 0 unspecified atom stereocenters. The number of carbonyl (C=O) groups excluding carboxylic acids is 2. The maximum atomic E-state index is 11.8. The van der Waals surface area contributed by atoms with Crippen molar-refractivity contribution in [1.29, 1.82) is 0 Å². The molecule has 142 valence electrons. The summed E-state index contributed by atoms with van der Waals surface area (Å²) in [6, 6.07) is 5.91. The molecule has 0 radical (unpaired) electrons. The topological polar surface area (TPSA) is 81.4 Å². The van der Waals surface area contributed by atoms with Gasteiger partial charge in [-0.15, -0.1) is 0 Å². The molecule has 1 aliphatic rings. The van der Waals surface area contributed by atoms with E-state index in [1.165, 1.54) is 0 Å². The van der Waals surface area contributed by atoms with Gasteiger partial charge in [0.05, 0.1) is 11.5 Å². The predicted molar refractivity (Wildman–Crippen MR) is 109 cm³/mol. The van der Waals surface area contributed by atoms with E-state index in [2.05, 4.69) is 10.3 Å². The molecule has 3 aromatic rings. The molecule has 4 rings (SSSR count). The SMILES string of the molecule is CCOc1c(C)cc(-c2cncc3cc(/C=C4/SC(=O)NC4=O)oc23)cc1C. The summed E-state index contributed by atoms with van der Waals surface area (Å²) >= 11 is 0.861. The molecule has 28 heavy (non-hydrogen) atoms. The Bertz CT molecular complexity index is 1120. The van der Waals surface area contributed by atoms with Gasteiger partial charge in [-0.3, -0.25) is 19.9 Å². The van der Waals surface area contributed by atoms with Crippen LogP contribution in [0, 0.1) is 13.8 Å². The summed E-state index contributed by atoms with van der Waals surface area (Å²) in [6.07, 6.45) is 5.05. The van der Waals surface area contributed by atoms with Gasteiger partial charge in [-0.1, -0.05) is 0 Å². The third-order valence-electron chi connectivity index (χ3n) is 4.42. The van der Waals surface area contributed by atoms with Crippen LogP contribution in [0.3, 0.4) is 0 Å². The van der Waals surface area contributed by atoms with Crippen molar-refractivity contribution < 1.29 is 18.7 Å². The largest absolute Gasteiger partial charge is 0.493 e. The fraction of sp³-hybridized carbons (Fsp3) is 0.190. The molecule has 0 spiro atoms. The molecule has 1 saturated heterocycles. The van der Waals surface area contributed by atoms with Crippen molar-refractivity contribution in [3.05, 3.63) is 52.4 Å². The lowest BCUT2D eigenvalue weighted by Gasteiger charge is -2.13. The van der Waals surface area contributed by atoms with E-state index in [1.54, 1.807) is 18.5 Å². The number of ether oxygens (including phenoxy) is 1. The second-order valence-electron chi connectivity index (χ2n) is 6.48. The minimum Gasteiger partial charge on any atom is -0.493 e. The van der Waals surface area contributed by atoms with Crippen LogP contribution in [-0.2, 0) is 4.79 Å². The van der Waals surface area contributed by atoms with Crippen molar-refractivity contribution in [3.63, 3.8) is 0 Å². The van der Waals surface area contributed by atoms with Gasteiger partial charge in [-0.25, -0.2) is 0 Å². The Hall–Kier alpha value is -3.06. The third-order valence-corrected chi connectivity index (χ3v) is 5.23. The number of thioether (sulfide) groups is 1. The standard InChI is InChI=1S/C21H18N2O4S/c1-4-26-18-11(2)5-13(6-12(18)3)16-10-22-9-14-7-15(27-19(14)16)8-17-20(24)23-21(25)28-17/h5-10H,4H2,1-3H3,(H,23,24,25)/b17-8+. The van der Waals surface area contributed by atoms with Crippen molar-refractivity contribution in [2.75, 3.05) is 6.61 Å². The number of nitrogens with zero attached hydrogens (tertiary/aromatic N) is 1. The number of rotatable bonds is 4. The molecule has 2 amide bonds. The lowest BCUT2D eigenvalue weighted by Crippen LogP contribution is -2.17. The summed E-state index contributed by atoms with van der Waals surface area (Å²) < 4.78 is 11.7. The molecule has 1 aliphatic heterocycles. The third kappa shape index (κ3) is 3.29. The highest BCUT2D eigenvalue weighted by Crippen LogP contribution is 2.35. The number of aromatic nitrogens is 1. The van der Waals surface area contributed by atoms with Crippen molar-refractivity contribution in [2.45, 2.75) is 20.8 Å². The van der Waals surface area contributed by atoms with E-state index in [9.17, 15) is 9.59 Å². The van der Waals surface area contributed by atoms with Crippen LogP contribution in [0.25, 0.3) is 28.2 Å². The Kier molecular flexibility index (Phi) is 4.68. The van der Waals surface area contributed by atoms with Crippen LogP contribution in [0.5, 0.6) is 5.75 Å². The lowest BCUT2D eigenvalue weighted by atomic mass is 10.00. The average molecular weight is 394 g/mol. The van der Waals surface area contributed by atoms with Gasteiger partial charge in [0.15, 0.2) is 0 Å². The minimum atomic E-state index is -0.411. The fourth-order valence-corrected chi connectivity index (χ4v) is 3.95. The van der Waals surface area contributed by atoms with Gasteiger partial charge in [0.25, 0.3) is 11.1 Å². The van der Waals surface area contributed by atoms with E-state index >= 15 is 0 Å². The van der Waals surface area contributed by atoms with Crippen LogP contribution in [0.1, 0.15) is 23.8 Å². The number of fused-ring (bicyclic) bond motifs is 1. The van der Waals surface area contributed by atoms with Crippen molar-refractivity contribution >= 4 is 40.0 Å². The smallest absolute Gasteiger partial charge is 0.290 e. The first-order chi connectivity index (χ1) is 13.5. The molecular formula is C21H18N2O4S. The number of hydrogen-bond donors (Lipinski definition) is 1. The van der Waals surface area contributed by atoms with Gasteiger partial charge in [0.1, 0.15) is 17.1 Å². The number of nitrogens with one attached hydrogen (secondary N) is 1. The summed E-state index contributed by atoms with van der Waals surface area (Å²) in [5.41, 5.74) is 4.60. The van der Waals surface area contributed by atoms with E-state index in [-0.39, 0.29) is 5.24 Å². The van der Waals surface area contributed by atoms with Gasteiger partial charge in [0.2, 0.25) is 0 Å². The molecule has 7 heteroatoms. The van der Waals surface area contributed by atoms with Crippen LogP contribution < -0.4 is 10.1 Å². The predicted octanol–water partition coefficient (Wildman–Crippen LogP) is 4.83. The molecule has 0 atom stereocenters. The van der Waals surface area contributed by atoms with Crippen molar-refractivity contribution in [1.82, 2.24) is 10.3 Å². The zero-order chi connectivity index (χ0) is 19.8. The summed E-state index contributed by atoms with van der Waals surface area (Å²) in [4.78, 5) is 27.7. The van der Waals surface area contributed by atoms with E-state index in [0.29, 0.717) is 22.9 Å². The van der Waals surface area contributed by atoms with Crippen LogP contribution in [-0.4, -0.2) is 22.7 Å². The van der Waals surface area contributed by atoms with E-state index in [4.69, 9.17) is 9.15 Å². The van der Waals surface area contributed by atoms with E-state index < -0.39 is 5.91 Å².